The normalized spacial score (nSPS) is 18.3. The molecule has 0 unspecified atom stereocenters. The second-order valence-corrected chi connectivity index (χ2v) is 31.6. The van der Waals surface area contributed by atoms with E-state index in [2.05, 4.69) is 33.2 Å². The van der Waals surface area contributed by atoms with Gasteiger partial charge in [-0.1, -0.05) is 120 Å². The van der Waals surface area contributed by atoms with Gasteiger partial charge in [0.25, 0.3) is 10.1 Å². The standard InChI is InChI=1S/C82H115ClN6O25S/c1-11-36-110-75(97)30-35-89(73(95)27-26-70(92)84-32-38-107-40-42-109-44-43-108-41-39-106-37-31-71(93)85-33-45-115(102,103)104)34-29-62(90)50-63(54(4)5)78(98)87-56(7)66(91)49-58-15-17-59(18-16-58)51-111-74(96)28-22-57-19-23-61(24-20-57)77-76(114-77)55(6)67-13-12-14-72(94)88-65(48-60-21-25-68(105-10)64(83)47-60)79(99)86-52-82(8,9)81(101)113-69(46-53(2)3)80(100)112-67/h11-12,14-21,23-25,47,53-56,63,65,67,69,76-77H,1,13,22,26-46,48-52H2,2-10H3,(H,84,92)(H,85,93)(H,86,99)(H,87,98)(H,88,94)(H,102,103,104)/b14-12+/t55-,56-,63-,65+,67-,69-,76+,77+/m0/s1. The third kappa shape index (κ3) is 37.6. The van der Waals surface area contributed by atoms with Crippen LogP contribution >= 0.6 is 11.6 Å². The maximum atomic E-state index is 14.0. The van der Waals surface area contributed by atoms with Crippen molar-refractivity contribution in [2.45, 2.75) is 176 Å². The van der Waals surface area contributed by atoms with Crippen LogP contribution in [0.25, 0.3) is 0 Å². The first-order valence-electron chi connectivity index (χ1n) is 38.8. The number of hydrogen-bond acceptors (Lipinski definition) is 24. The minimum absolute atomic E-state index is 0.0139. The number of epoxide rings is 1. The number of nitrogens with zero attached hydrogens (tertiary/aromatic N) is 1. The van der Waals surface area contributed by atoms with Gasteiger partial charge in [0.15, 0.2) is 11.9 Å². The number of aryl methyl sites for hydroxylation is 1. The Hall–Kier alpha value is -9.02. The van der Waals surface area contributed by atoms with Crippen molar-refractivity contribution in [3.05, 3.63) is 124 Å². The van der Waals surface area contributed by atoms with Gasteiger partial charge in [-0.15, -0.1) is 0 Å². The van der Waals surface area contributed by atoms with Gasteiger partial charge in [0.1, 0.15) is 43.0 Å². The topological polar surface area (TPSA) is 418 Å². The first-order chi connectivity index (χ1) is 54.6. The highest BCUT2D eigenvalue weighted by Crippen LogP contribution is 2.45. The minimum atomic E-state index is -4.16. The number of rotatable bonds is 50. The molecule has 2 aliphatic rings. The molecule has 8 atom stereocenters. The molecule has 1 saturated heterocycles. The summed E-state index contributed by atoms with van der Waals surface area (Å²) in [5.41, 5.74) is 2.40. The first-order valence-corrected chi connectivity index (χ1v) is 40.8. The van der Waals surface area contributed by atoms with Gasteiger partial charge < -0.3 is 78.9 Å². The maximum absolute atomic E-state index is 14.0. The first kappa shape index (κ1) is 96.6. The fourth-order valence-electron chi connectivity index (χ4n) is 11.8. The van der Waals surface area contributed by atoms with Crippen molar-refractivity contribution >= 4 is 92.6 Å². The number of benzene rings is 3. The van der Waals surface area contributed by atoms with E-state index in [1.807, 2.05) is 45.0 Å². The molecule has 0 aromatic heterocycles. The Morgan fingerprint density at radius 3 is 1.97 bits per heavy atom. The number of halogens is 1. The molecule has 31 nitrogen and oxygen atoms in total. The Balaban J connectivity index is 1.02. The van der Waals surface area contributed by atoms with Crippen LogP contribution in [0, 0.1) is 29.1 Å². The average molecular weight is 1650 g/mol. The molecular formula is C82H115ClN6O25S. The van der Waals surface area contributed by atoms with Gasteiger partial charge in [-0.3, -0.25) is 57.3 Å². The number of carbonyl (C=O) groups excluding carboxylic acids is 12. The lowest BCUT2D eigenvalue weighted by atomic mass is 9.88. The summed E-state index contributed by atoms with van der Waals surface area (Å²) < 4.78 is 86.0. The number of methoxy groups -OCH3 is 1. The Labute approximate surface area is 678 Å². The van der Waals surface area contributed by atoms with Gasteiger partial charge in [-0.05, 0) is 91.5 Å². The highest BCUT2D eigenvalue weighted by molar-refractivity contribution is 7.85. The lowest BCUT2D eigenvalue weighted by Crippen LogP contribution is -2.51. The molecule has 2 aliphatic heterocycles. The molecule has 6 N–H and O–H groups in total. The molecule has 5 rings (SSSR count). The molecule has 0 bridgehead atoms. The van der Waals surface area contributed by atoms with Crippen molar-refractivity contribution in [1.29, 1.82) is 0 Å². The second-order valence-electron chi connectivity index (χ2n) is 29.6. The van der Waals surface area contributed by atoms with E-state index >= 15 is 0 Å². The van der Waals surface area contributed by atoms with Crippen LogP contribution in [0.15, 0.2) is 91.5 Å². The summed E-state index contributed by atoms with van der Waals surface area (Å²) in [5.74, 6) is -7.85. The third-order valence-electron chi connectivity index (χ3n) is 18.8. The molecule has 6 amide bonds. The number of ketones is 2. The lowest BCUT2D eigenvalue weighted by molar-refractivity contribution is -0.179. The molecule has 636 valence electrons. The van der Waals surface area contributed by atoms with Crippen LogP contribution in [-0.4, -0.2) is 224 Å². The SMILES string of the molecule is C=CCOC(=O)CCN(CCC(=O)C[C@H](C(=O)N[C@@H](C)C(=O)Cc1ccc(COC(=O)CCc2ccc([C@H]3O[C@@H]3[C@@H](C)[C@@H]3C/C=C/C(=O)N[C@H](Cc4ccc(OC)c(Cl)c4)C(=O)NCC(C)(C)C(=O)O[C@@H](CC(C)C)C(=O)O3)cc2)cc1)C(C)C)C(=O)CCC(=O)NCCOCCOCCOCCOCCC(=O)NCCS(=O)(=O)O. The number of cyclic esters (lactones) is 2. The predicted molar refractivity (Wildman–Crippen MR) is 422 cm³/mol. The highest BCUT2D eigenvalue weighted by Gasteiger charge is 2.48. The highest BCUT2D eigenvalue weighted by atomic mass is 35.5. The summed E-state index contributed by atoms with van der Waals surface area (Å²) in [6.07, 6.45) is 1.18. The summed E-state index contributed by atoms with van der Waals surface area (Å²) in [5, 5.41) is 13.7. The van der Waals surface area contributed by atoms with E-state index in [4.69, 9.17) is 63.5 Å². The lowest BCUT2D eigenvalue weighted by Gasteiger charge is -2.29. The Morgan fingerprint density at radius 1 is 0.730 bits per heavy atom. The zero-order valence-corrected chi connectivity index (χ0v) is 68.9. The quantitative estimate of drug-likeness (QED) is 0.00896. The molecular weight excluding hydrogens is 1540 g/mol. The summed E-state index contributed by atoms with van der Waals surface area (Å²) in [7, 11) is -2.68. The molecule has 0 aliphatic carbocycles. The zero-order chi connectivity index (χ0) is 84.6. The van der Waals surface area contributed by atoms with Crippen molar-refractivity contribution in [3.63, 3.8) is 0 Å². The number of ether oxygens (including phenoxy) is 10. The van der Waals surface area contributed by atoms with Crippen LogP contribution in [0.2, 0.25) is 5.02 Å². The van der Waals surface area contributed by atoms with Crippen LogP contribution in [0.1, 0.15) is 147 Å². The monoisotopic (exact) mass is 1650 g/mol. The Bertz CT molecular complexity index is 3860. The fraction of sp³-hybridized carbons (Fsp3) is 0.585. The average Bonchev–Trinajstić information content (AvgIpc) is 1.63. The van der Waals surface area contributed by atoms with Crippen LogP contribution in [0.5, 0.6) is 5.75 Å². The van der Waals surface area contributed by atoms with Crippen molar-refractivity contribution in [2.24, 2.45) is 29.1 Å². The van der Waals surface area contributed by atoms with Gasteiger partial charge in [0.2, 0.25) is 35.4 Å². The van der Waals surface area contributed by atoms with Gasteiger partial charge in [0, 0.05) is 102 Å². The van der Waals surface area contributed by atoms with Gasteiger partial charge >= 0.3 is 23.9 Å². The van der Waals surface area contributed by atoms with Crippen molar-refractivity contribution in [3.8, 4) is 5.75 Å². The van der Waals surface area contributed by atoms with E-state index < -0.39 is 123 Å². The smallest absolute Gasteiger partial charge is 0.347 e. The molecule has 115 heavy (non-hydrogen) atoms. The van der Waals surface area contributed by atoms with Gasteiger partial charge in [0.05, 0.1) is 94.7 Å². The van der Waals surface area contributed by atoms with Crippen molar-refractivity contribution < 1.29 is 118 Å². The molecule has 0 spiro atoms. The number of nitrogens with one attached hydrogen (secondary N) is 5. The van der Waals surface area contributed by atoms with Crippen LogP contribution in [0.3, 0.4) is 0 Å². The number of esters is 4. The predicted octanol–water partition coefficient (Wildman–Crippen LogP) is 6.34. The summed E-state index contributed by atoms with van der Waals surface area (Å²) in [6.45, 7) is 18.8. The van der Waals surface area contributed by atoms with Gasteiger partial charge in [-0.25, -0.2) is 4.79 Å². The molecule has 2 heterocycles. The summed E-state index contributed by atoms with van der Waals surface area (Å²) in [4.78, 5) is 160. The van der Waals surface area contributed by atoms with Crippen LogP contribution in [-0.2, 0) is 136 Å². The zero-order valence-electron chi connectivity index (χ0n) is 67.3. The Morgan fingerprint density at radius 2 is 1.34 bits per heavy atom. The fourth-order valence-corrected chi connectivity index (χ4v) is 12.4. The number of Topliss-reactive ketones (excluding diaryl/α,β-unsaturated/α-hetero) is 2. The largest absolute Gasteiger partial charge is 0.495 e. The molecule has 0 saturated carbocycles. The van der Waals surface area contributed by atoms with E-state index in [1.165, 1.54) is 24.2 Å². The molecule has 33 heteroatoms. The van der Waals surface area contributed by atoms with Crippen LogP contribution < -0.4 is 31.3 Å². The van der Waals surface area contributed by atoms with E-state index in [1.54, 1.807) is 83.2 Å². The van der Waals surface area contributed by atoms with Crippen LogP contribution in [0.4, 0.5) is 0 Å². The van der Waals surface area contributed by atoms with E-state index in [0.717, 1.165) is 11.1 Å². The molecule has 0 radical (unpaired) electrons. The van der Waals surface area contributed by atoms with Gasteiger partial charge in [-0.2, -0.15) is 8.42 Å². The van der Waals surface area contributed by atoms with Crippen molar-refractivity contribution in [1.82, 2.24) is 31.5 Å². The van der Waals surface area contributed by atoms with E-state index in [-0.39, 0.29) is 199 Å². The van der Waals surface area contributed by atoms with E-state index in [9.17, 15) is 66.0 Å². The number of carbonyl (C=O) groups is 12. The molecule has 1 fully saturated rings. The summed E-state index contributed by atoms with van der Waals surface area (Å²) in [6, 6.07) is 17.6. The minimum Gasteiger partial charge on any atom is -0.495 e. The number of hydrogen-bond donors (Lipinski definition) is 6. The van der Waals surface area contributed by atoms with Crippen molar-refractivity contribution in [2.75, 3.05) is 105 Å². The third-order valence-corrected chi connectivity index (χ3v) is 19.8. The second kappa shape index (κ2) is 50.5. The number of amides is 6. The maximum Gasteiger partial charge on any atom is 0.347 e. The molecule has 3 aromatic rings. The summed E-state index contributed by atoms with van der Waals surface area (Å²) >= 11 is 6.40. The van der Waals surface area contributed by atoms with E-state index in [0.29, 0.717) is 33.9 Å². The Kier molecular flexibility index (Phi) is 42.4. The molecule has 3 aromatic carbocycles.